The van der Waals surface area contributed by atoms with Crippen LogP contribution in [0.3, 0.4) is 0 Å². The van der Waals surface area contributed by atoms with Crippen molar-refractivity contribution < 1.29 is 18.4 Å². The Labute approximate surface area is 128 Å². The molecule has 0 aromatic rings. The minimum Gasteiger partial charge on any atom is -0.307 e. The van der Waals surface area contributed by atoms with Crippen LogP contribution in [0.1, 0.15) is 60.3 Å². The molecule has 0 aliphatic heterocycles. The van der Waals surface area contributed by atoms with Crippen molar-refractivity contribution in [2.45, 2.75) is 66.0 Å². The van der Waals surface area contributed by atoms with E-state index in [9.17, 15) is 14.6 Å². The zero-order chi connectivity index (χ0) is 16.5. The largest absolute Gasteiger partial charge is 0.355 e. The lowest BCUT2D eigenvalue weighted by Crippen LogP contribution is -2.32. The SMILES string of the molecule is CCCCOP(=O)(OCCCC)C(C#N)C(=O)C(C)(C)C. The van der Waals surface area contributed by atoms with E-state index >= 15 is 0 Å². The summed E-state index contributed by atoms with van der Waals surface area (Å²) >= 11 is 0. The summed E-state index contributed by atoms with van der Waals surface area (Å²) in [5.74, 6) is -0.402. The number of rotatable bonds is 10. The van der Waals surface area contributed by atoms with Crippen molar-refractivity contribution in [3.63, 3.8) is 0 Å². The molecule has 0 aromatic heterocycles. The van der Waals surface area contributed by atoms with Crippen molar-refractivity contribution in [3.8, 4) is 6.07 Å². The first kappa shape index (κ1) is 20.3. The second kappa shape index (κ2) is 9.35. The van der Waals surface area contributed by atoms with Crippen molar-refractivity contribution in [1.29, 1.82) is 5.26 Å². The van der Waals surface area contributed by atoms with Crippen molar-refractivity contribution in [3.05, 3.63) is 0 Å². The maximum absolute atomic E-state index is 12.9. The van der Waals surface area contributed by atoms with Gasteiger partial charge in [0.15, 0.2) is 5.78 Å². The molecule has 0 rings (SSSR count). The lowest BCUT2D eigenvalue weighted by Gasteiger charge is -2.26. The molecule has 0 N–H and O–H groups in total. The van der Waals surface area contributed by atoms with Gasteiger partial charge in [-0.1, -0.05) is 47.5 Å². The summed E-state index contributed by atoms with van der Waals surface area (Å²) in [5, 5.41) is 9.31. The second-order valence-corrected chi connectivity index (χ2v) is 8.17. The average Bonchev–Trinajstić information content (AvgIpc) is 2.39. The van der Waals surface area contributed by atoms with Gasteiger partial charge in [-0.25, -0.2) is 0 Å². The van der Waals surface area contributed by atoms with Crippen molar-refractivity contribution in [2.75, 3.05) is 13.2 Å². The number of hydrogen-bond acceptors (Lipinski definition) is 5. The molecule has 0 aromatic carbocycles. The van der Waals surface area contributed by atoms with Gasteiger partial charge in [0, 0.05) is 5.41 Å². The molecular formula is C15H28NO4P. The number of unbranched alkanes of at least 4 members (excludes halogenated alkanes) is 2. The van der Waals surface area contributed by atoms with Gasteiger partial charge >= 0.3 is 7.60 Å². The van der Waals surface area contributed by atoms with E-state index in [4.69, 9.17) is 9.05 Å². The highest BCUT2D eigenvalue weighted by Gasteiger charge is 2.45. The van der Waals surface area contributed by atoms with Gasteiger partial charge in [-0.3, -0.25) is 9.36 Å². The van der Waals surface area contributed by atoms with Gasteiger partial charge in [0.25, 0.3) is 0 Å². The van der Waals surface area contributed by atoms with Gasteiger partial charge < -0.3 is 9.05 Å². The highest BCUT2D eigenvalue weighted by atomic mass is 31.2. The molecule has 0 bridgehead atoms. The van der Waals surface area contributed by atoms with Crippen LogP contribution in [-0.2, 0) is 18.4 Å². The van der Waals surface area contributed by atoms with E-state index < -0.39 is 24.5 Å². The van der Waals surface area contributed by atoms with Crippen LogP contribution in [0.2, 0.25) is 0 Å². The van der Waals surface area contributed by atoms with E-state index in [0.29, 0.717) is 12.8 Å². The van der Waals surface area contributed by atoms with Crippen LogP contribution < -0.4 is 0 Å². The summed E-state index contributed by atoms with van der Waals surface area (Å²) in [6, 6.07) is 1.84. The normalized spacial score (nSPS) is 13.7. The predicted octanol–water partition coefficient (Wildman–Crippen LogP) is 4.32. The molecule has 0 saturated heterocycles. The Kier molecular flexibility index (Phi) is 9.04. The molecule has 0 fully saturated rings. The predicted molar refractivity (Wildman–Crippen MR) is 83.2 cm³/mol. The Morgan fingerprint density at radius 2 is 1.57 bits per heavy atom. The summed E-state index contributed by atoms with van der Waals surface area (Å²) in [4.78, 5) is 12.4. The monoisotopic (exact) mass is 317 g/mol. The van der Waals surface area contributed by atoms with E-state index in [2.05, 4.69) is 0 Å². The average molecular weight is 317 g/mol. The Hall–Kier alpha value is -0.690. The summed E-state index contributed by atoms with van der Waals surface area (Å²) < 4.78 is 23.6. The third kappa shape index (κ3) is 6.74. The molecule has 0 aliphatic rings. The van der Waals surface area contributed by atoms with Crippen LogP contribution >= 0.6 is 7.60 Å². The number of nitrogens with zero attached hydrogens (tertiary/aromatic N) is 1. The zero-order valence-corrected chi connectivity index (χ0v) is 14.7. The minimum atomic E-state index is -3.75. The van der Waals surface area contributed by atoms with Crippen molar-refractivity contribution in [2.24, 2.45) is 5.41 Å². The topological polar surface area (TPSA) is 76.4 Å². The number of carbonyl (C=O) groups is 1. The first-order valence-corrected chi connectivity index (χ1v) is 9.16. The Morgan fingerprint density at radius 3 is 1.86 bits per heavy atom. The van der Waals surface area contributed by atoms with Gasteiger partial charge in [-0.2, -0.15) is 5.26 Å². The number of Topliss-reactive ketones (excluding diaryl/α,β-unsaturated/α-hetero) is 1. The zero-order valence-electron chi connectivity index (χ0n) is 13.8. The first-order chi connectivity index (χ1) is 9.72. The lowest BCUT2D eigenvalue weighted by molar-refractivity contribution is -0.125. The maximum atomic E-state index is 12.9. The van der Waals surface area contributed by atoms with Gasteiger partial charge in [0.2, 0.25) is 5.66 Å². The summed E-state index contributed by atoms with van der Waals surface area (Å²) in [5.41, 5.74) is -2.12. The van der Waals surface area contributed by atoms with E-state index in [0.717, 1.165) is 12.8 Å². The van der Waals surface area contributed by atoms with Crippen LogP contribution in [0.25, 0.3) is 0 Å². The molecule has 5 nitrogen and oxygen atoms in total. The second-order valence-electron chi connectivity index (χ2n) is 6.06. The number of nitriles is 1. The smallest absolute Gasteiger partial charge is 0.307 e. The van der Waals surface area contributed by atoms with Gasteiger partial charge in [-0.15, -0.1) is 0 Å². The fraction of sp³-hybridized carbons (Fsp3) is 0.867. The molecule has 0 saturated carbocycles. The lowest BCUT2D eigenvalue weighted by atomic mass is 9.89. The fourth-order valence-corrected chi connectivity index (χ4v) is 3.50. The molecule has 1 unspecified atom stereocenters. The third-order valence-electron chi connectivity index (χ3n) is 2.96. The molecule has 0 radical (unpaired) electrons. The molecule has 0 amide bonds. The van der Waals surface area contributed by atoms with E-state index in [1.54, 1.807) is 20.8 Å². The molecule has 21 heavy (non-hydrogen) atoms. The Bertz CT molecular complexity index is 395. The molecule has 0 spiro atoms. The van der Waals surface area contributed by atoms with Crippen LogP contribution in [0, 0.1) is 16.7 Å². The first-order valence-electron chi connectivity index (χ1n) is 7.55. The Balaban J connectivity index is 5.18. The van der Waals surface area contributed by atoms with Crippen LogP contribution in [0.4, 0.5) is 0 Å². The molecule has 0 aliphatic carbocycles. The standard InChI is InChI=1S/C15H28NO4P/c1-6-8-10-19-21(18,20-11-9-7-2)13(12-16)14(17)15(3,4)5/h13H,6-11H2,1-5H3. The quantitative estimate of drug-likeness (QED) is 0.443. The summed E-state index contributed by atoms with van der Waals surface area (Å²) in [6.45, 7) is 9.51. The highest BCUT2D eigenvalue weighted by Crippen LogP contribution is 2.54. The fourth-order valence-electron chi connectivity index (χ4n) is 1.54. The summed E-state index contributed by atoms with van der Waals surface area (Å²) in [7, 11) is -3.75. The molecular weight excluding hydrogens is 289 g/mol. The molecule has 6 heteroatoms. The molecule has 1 atom stereocenters. The Morgan fingerprint density at radius 1 is 1.14 bits per heavy atom. The summed E-state index contributed by atoms with van der Waals surface area (Å²) in [6.07, 6.45) is 3.17. The third-order valence-corrected chi connectivity index (χ3v) is 5.03. The number of carbonyl (C=O) groups excluding carboxylic acids is 1. The van der Waals surface area contributed by atoms with Crippen LogP contribution in [-0.4, -0.2) is 24.7 Å². The van der Waals surface area contributed by atoms with Gasteiger partial charge in [0.1, 0.15) is 0 Å². The van der Waals surface area contributed by atoms with Gasteiger partial charge in [0.05, 0.1) is 19.3 Å². The number of ketones is 1. The van der Waals surface area contributed by atoms with Crippen LogP contribution in [0.5, 0.6) is 0 Å². The van der Waals surface area contributed by atoms with E-state index in [1.807, 2.05) is 19.9 Å². The molecule has 0 heterocycles. The van der Waals surface area contributed by atoms with Crippen molar-refractivity contribution in [1.82, 2.24) is 0 Å². The molecule has 122 valence electrons. The highest BCUT2D eigenvalue weighted by molar-refractivity contribution is 7.56. The maximum Gasteiger partial charge on any atom is 0.355 e. The van der Waals surface area contributed by atoms with Crippen molar-refractivity contribution >= 4 is 13.4 Å². The minimum absolute atomic E-state index is 0.232. The van der Waals surface area contributed by atoms with Gasteiger partial charge in [-0.05, 0) is 12.8 Å². The van der Waals surface area contributed by atoms with E-state index in [1.165, 1.54) is 0 Å². The van der Waals surface area contributed by atoms with E-state index in [-0.39, 0.29) is 13.2 Å². The van der Waals surface area contributed by atoms with Crippen LogP contribution in [0.15, 0.2) is 0 Å². The number of hydrogen-bond donors (Lipinski definition) is 0.